The summed E-state index contributed by atoms with van der Waals surface area (Å²) < 4.78 is 5.68. The Bertz CT molecular complexity index is 837. The molecule has 0 aromatic heterocycles. The van der Waals surface area contributed by atoms with Crippen molar-refractivity contribution in [2.24, 2.45) is 11.8 Å². The fourth-order valence-corrected chi connectivity index (χ4v) is 4.32. The van der Waals surface area contributed by atoms with Gasteiger partial charge in [0.25, 0.3) is 0 Å². The minimum absolute atomic E-state index is 0.117. The van der Waals surface area contributed by atoms with E-state index in [1.165, 1.54) is 17.6 Å². The zero-order chi connectivity index (χ0) is 20.8. The number of hydrogen-bond donors (Lipinski definition) is 2. The molecule has 0 radical (unpaired) electrons. The molecule has 1 aliphatic rings. The summed E-state index contributed by atoms with van der Waals surface area (Å²) >= 11 is 0. The molecule has 29 heavy (non-hydrogen) atoms. The van der Waals surface area contributed by atoms with E-state index in [0.717, 1.165) is 29.7 Å². The van der Waals surface area contributed by atoms with Crippen LogP contribution >= 0.6 is 0 Å². The summed E-state index contributed by atoms with van der Waals surface area (Å²) in [6.45, 7) is 5.03. The summed E-state index contributed by atoms with van der Waals surface area (Å²) in [5.41, 5.74) is 4.98. The number of carbonyl (C=O) groups is 1. The number of carboxylic acids is 1. The average Bonchev–Trinajstić information content (AvgIpc) is 2.67. The van der Waals surface area contributed by atoms with Crippen LogP contribution in [0.25, 0.3) is 5.57 Å². The highest BCUT2D eigenvalue weighted by Gasteiger charge is 2.23. The number of aromatic hydroxyl groups is 1. The van der Waals surface area contributed by atoms with Gasteiger partial charge in [-0.15, -0.1) is 0 Å². The second kappa shape index (κ2) is 9.64. The minimum atomic E-state index is -0.801. The molecule has 1 fully saturated rings. The van der Waals surface area contributed by atoms with Gasteiger partial charge >= 0.3 is 5.97 Å². The van der Waals surface area contributed by atoms with Gasteiger partial charge in [0.05, 0.1) is 6.61 Å². The van der Waals surface area contributed by atoms with E-state index in [-0.39, 0.29) is 12.2 Å². The number of hydrogen-bond acceptors (Lipinski definition) is 3. The van der Waals surface area contributed by atoms with Gasteiger partial charge in [0.15, 0.2) is 0 Å². The van der Waals surface area contributed by atoms with Gasteiger partial charge in [-0.05, 0) is 78.5 Å². The van der Waals surface area contributed by atoms with Crippen LogP contribution in [0.3, 0.4) is 0 Å². The molecule has 2 atom stereocenters. The molecule has 2 N–H and O–H groups in total. The molecule has 154 valence electrons. The predicted molar refractivity (Wildman–Crippen MR) is 115 cm³/mol. The van der Waals surface area contributed by atoms with Crippen LogP contribution in [0.1, 0.15) is 57.1 Å². The Balaban J connectivity index is 1.86. The molecule has 2 unspecified atom stereocenters. The molecule has 0 saturated heterocycles. The number of phenols is 1. The van der Waals surface area contributed by atoms with E-state index in [4.69, 9.17) is 9.84 Å². The summed E-state index contributed by atoms with van der Waals surface area (Å²) in [6, 6.07) is 15.5. The van der Waals surface area contributed by atoms with E-state index in [9.17, 15) is 9.90 Å². The SMILES string of the molecule is CC1CC(=C(c2ccc(O)cc2)c2ccc(OCCCC(=O)O)cc2)CC(C)C1. The van der Waals surface area contributed by atoms with E-state index in [0.29, 0.717) is 24.9 Å². The summed E-state index contributed by atoms with van der Waals surface area (Å²) in [4.78, 5) is 10.6. The average molecular weight is 395 g/mol. The van der Waals surface area contributed by atoms with Crippen LogP contribution in [-0.4, -0.2) is 22.8 Å². The molecule has 2 aromatic rings. The summed E-state index contributed by atoms with van der Waals surface area (Å²) in [6.07, 6.45) is 4.05. The molecule has 0 spiro atoms. The van der Waals surface area contributed by atoms with Gasteiger partial charge in [0.1, 0.15) is 11.5 Å². The number of allylic oxidation sites excluding steroid dienone is 1. The number of rotatable bonds is 7. The maximum Gasteiger partial charge on any atom is 0.303 e. The first-order chi connectivity index (χ1) is 13.9. The van der Waals surface area contributed by atoms with Crippen molar-refractivity contribution < 1.29 is 19.7 Å². The number of ether oxygens (including phenoxy) is 1. The van der Waals surface area contributed by atoms with Crippen molar-refractivity contribution in [2.45, 2.75) is 46.0 Å². The van der Waals surface area contributed by atoms with Crippen LogP contribution in [0.4, 0.5) is 0 Å². The van der Waals surface area contributed by atoms with Gasteiger partial charge in [-0.3, -0.25) is 4.79 Å². The smallest absolute Gasteiger partial charge is 0.303 e. The predicted octanol–water partition coefficient (Wildman–Crippen LogP) is 5.89. The molecule has 1 aliphatic carbocycles. The highest BCUT2D eigenvalue weighted by Crippen LogP contribution is 2.40. The van der Waals surface area contributed by atoms with Crippen molar-refractivity contribution in [3.05, 3.63) is 65.2 Å². The van der Waals surface area contributed by atoms with Gasteiger partial charge < -0.3 is 14.9 Å². The Kier molecular flexibility index (Phi) is 6.97. The molecule has 4 nitrogen and oxygen atoms in total. The fourth-order valence-electron chi connectivity index (χ4n) is 4.32. The molecular weight excluding hydrogens is 364 g/mol. The molecule has 0 bridgehead atoms. The quantitative estimate of drug-likeness (QED) is 0.574. The van der Waals surface area contributed by atoms with Crippen molar-refractivity contribution in [3.8, 4) is 11.5 Å². The summed E-state index contributed by atoms with van der Waals surface area (Å²) in [5.74, 6) is 1.55. The van der Waals surface area contributed by atoms with Crippen LogP contribution in [-0.2, 0) is 4.79 Å². The van der Waals surface area contributed by atoms with Crippen LogP contribution in [0.5, 0.6) is 11.5 Å². The van der Waals surface area contributed by atoms with Gasteiger partial charge in [-0.2, -0.15) is 0 Å². The van der Waals surface area contributed by atoms with Gasteiger partial charge in [-0.25, -0.2) is 0 Å². The molecule has 1 saturated carbocycles. The Morgan fingerprint density at radius 3 is 2.07 bits per heavy atom. The zero-order valence-electron chi connectivity index (χ0n) is 17.2. The molecule has 4 heteroatoms. The van der Waals surface area contributed by atoms with Crippen molar-refractivity contribution in [1.82, 2.24) is 0 Å². The minimum Gasteiger partial charge on any atom is -0.508 e. The van der Waals surface area contributed by atoms with E-state index >= 15 is 0 Å². The van der Waals surface area contributed by atoms with Crippen LogP contribution in [0, 0.1) is 11.8 Å². The Labute approximate surface area is 172 Å². The highest BCUT2D eigenvalue weighted by molar-refractivity contribution is 5.82. The first-order valence-electron chi connectivity index (χ1n) is 10.4. The Morgan fingerprint density at radius 2 is 1.52 bits per heavy atom. The lowest BCUT2D eigenvalue weighted by Crippen LogP contribution is -2.14. The standard InChI is InChI=1S/C25H30O4/c1-17-14-18(2)16-21(15-17)25(19-5-9-22(26)10-6-19)20-7-11-23(12-8-20)29-13-3-4-24(27)28/h5-12,17-18,26H,3-4,13-16H2,1-2H3,(H,27,28). The largest absolute Gasteiger partial charge is 0.508 e. The third kappa shape index (κ3) is 5.86. The molecule has 2 aromatic carbocycles. The normalized spacial score (nSPS) is 19.0. The van der Waals surface area contributed by atoms with E-state index in [1.807, 2.05) is 24.3 Å². The number of carboxylic acid groups (broad SMARTS) is 1. The van der Waals surface area contributed by atoms with Gasteiger partial charge in [0.2, 0.25) is 0 Å². The first-order valence-corrected chi connectivity index (χ1v) is 10.4. The van der Waals surface area contributed by atoms with Crippen molar-refractivity contribution in [3.63, 3.8) is 0 Å². The third-order valence-electron chi connectivity index (χ3n) is 5.45. The van der Waals surface area contributed by atoms with Crippen LogP contribution < -0.4 is 4.74 Å². The lowest BCUT2D eigenvalue weighted by Gasteiger charge is -2.29. The first kappa shape index (κ1) is 21.0. The number of benzene rings is 2. The monoisotopic (exact) mass is 394 g/mol. The molecule has 3 rings (SSSR count). The zero-order valence-corrected chi connectivity index (χ0v) is 17.2. The van der Waals surface area contributed by atoms with Gasteiger partial charge in [-0.1, -0.05) is 43.7 Å². The summed E-state index contributed by atoms with van der Waals surface area (Å²) in [5, 5.41) is 18.4. The summed E-state index contributed by atoms with van der Waals surface area (Å²) in [7, 11) is 0. The maximum atomic E-state index is 10.6. The molecular formula is C25H30O4. The lowest BCUT2D eigenvalue weighted by atomic mass is 9.76. The maximum absolute atomic E-state index is 10.6. The molecule has 0 heterocycles. The second-order valence-corrected chi connectivity index (χ2v) is 8.25. The fraction of sp³-hybridized carbons (Fsp3) is 0.400. The topological polar surface area (TPSA) is 66.8 Å². The van der Waals surface area contributed by atoms with E-state index < -0.39 is 5.97 Å². The van der Waals surface area contributed by atoms with Gasteiger partial charge in [0, 0.05) is 6.42 Å². The van der Waals surface area contributed by atoms with Crippen molar-refractivity contribution in [1.29, 1.82) is 0 Å². The second-order valence-electron chi connectivity index (χ2n) is 8.25. The Hall–Kier alpha value is -2.75. The van der Waals surface area contributed by atoms with Crippen LogP contribution in [0.2, 0.25) is 0 Å². The number of aliphatic carboxylic acids is 1. The van der Waals surface area contributed by atoms with E-state index in [2.05, 4.69) is 26.0 Å². The highest BCUT2D eigenvalue weighted by atomic mass is 16.5. The van der Waals surface area contributed by atoms with Crippen molar-refractivity contribution in [2.75, 3.05) is 6.61 Å². The molecule has 0 amide bonds. The third-order valence-corrected chi connectivity index (χ3v) is 5.45. The Morgan fingerprint density at radius 1 is 0.966 bits per heavy atom. The lowest BCUT2D eigenvalue weighted by molar-refractivity contribution is -0.137. The van der Waals surface area contributed by atoms with E-state index in [1.54, 1.807) is 12.1 Å². The number of phenolic OH excluding ortho intramolecular Hbond substituents is 1. The molecule has 0 aliphatic heterocycles. The van der Waals surface area contributed by atoms with Crippen molar-refractivity contribution >= 4 is 11.5 Å². The van der Waals surface area contributed by atoms with Crippen LogP contribution in [0.15, 0.2) is 54.1 Å².